The summed E-state index contributed by atoms with van der Waals surface area (Å²) in [6, 6.07) is 29.8. The highest BCUT2D eigenvalue weighted by atomic mass is 31.0. The first-order chi connectivity index (χ1) is 15.2. The molecule has 0 N–H and O–H groups in total. The number of hydrogen-bond acceptors (Lipinski definition) is 4. The van der Waals surface area contributed by atoms with Crippen molar-refractivity contribution in [2.24, 2.45) is 0 Å². The average molecular weight is 426 g/mol. The van der Waals surface area contributed by atoms with Crippen LogP contribution in [0.3, 0.4) is 0 Å². The Morgan fingerprint density at radius 3 is 1.94 bits per heavy atom. The standard InChI is InChI=1S/C26H23N2O2P/c1-19(22-12-14-23(31)15-13-22)24-16-25(29-17-20-8-4-2-5-9-20)26(28-27-24)30-18-21-10-6-3-7-11-21/h2-16H,1,17-18,31H2. The van der Waals surface area contributed by atoms with Crippen molar-refractivity contribution in [2.75, 3.05) is 0 Å². The maximum Gasteiger partial charge on any atom is 0.276 e. The van der Waals surface area contributed by atoms with Gasteiger partial charge in [-0.05, 0) is 22.0 Å². The van der Waals surface area contributed by atoms with Crippen LogP contribution >= 0.6 is 9.24 Å². The molecule has 0 aliphatic heterocycles. The predicted molar refractivity (Wildman–Crippen MR) is 128 cm³/mol. The SMILES string of the molecule is C=C(c1ccc(P)cc1)c1cc(OCc2ccccc2)c(OCc2ccccc2)nn1. The smallest absolute Gasteiger partial charge is 0.276 e. The molecule has 3 aromatic carbocycles. The van der Waals surface area contributed by atoms with Crippen molar-refractivity contribution in [3.63, 3.8) is 0 Å². The summed E-state index contributed by atoms with van der Waals surface area (Å²) >= 11 is 0. The van der Waals surface area contributed by atoms with Gasteiger partial charge in [-0.3, -0.25) is 0 Å². The van der Waals surface area contributed by atoms with E-state index in [1.54, 1.807) is 0 Å². The van der Waals surface area contributed by atoms with Crippen molar-refractivity contribution in [1.82, 2.24) is 10.2 Å². The molecular formula is C26H23N2O2P. The lowest BCUT2D eigenvalue weighted by molar-refractivity contribution is 0.244. The van der Waals surface area contributed by atoms with Gasteiger partial charge >= 0.3 is 0 Å². The quantitative estimate of drug-likeness (QED) is 0.364. The minimum Gasteiger partial charge on any atom is -0.483 e. The topological polar surface area (TPSA) is 44.2 Å². The van der Waals surface area contributed by atoms with Gasteiger partial charge in [-0.1, -0.05) is 91.5 Å². The van der Waals surface area contributed by atoms with Crippen molar-refractivity contribution in [2.45, 2.75) is 13.2 Å². The van der Waals surface area contributed by atoms with Crippen molar-refractivity contribution >= 4 is 20.1 Å². The Morgan fingerprint density at radius 2 is 1.32 bits per heavy atom. The van der Waals surface area contributed by atoms with Gasteiger partial charge in [0.1, 0.15) is 13.2 Å². The Labute approximate surface area is 184 Å². The zero-order valence-electron chi connectivity index (χ0n) is 17.1. The second-order valence-corrected chi connectivity index (χ2v) is 7.71. The molecule has 0 bridgehead atoms. The Bertz CT molecular complexity index is 1150. The Kier molecular flexibility index (Phi) is 6.71. The monoisotopic (exact) mass is 426 g/mol. The normalized spacial score (nSPS) is 10.5. The molecule has 0 fully saturated rings. The highest BCUT2D eigenvalue weighted by molar-refractivity contribution is 7.27. The van der Waals surface area contributed by atoms with Crippen LogP contribution in [0, 0.1) is 0 Å². The lowest BCUT2D eigenvalue weighted by Gasteiger charge is -2.14. The lowest BCUT2D eigenvalue weighted by Crippen LogP contribution is -2.05. The Morgan fingerprint density at radius 1 is 0.742 bits per heavy atom. The molecule has 154 valence electrons. The van der Waals surface area contributed by atoms with E-state index in [-0.39, 0.29) is 0 Å². The summed E-state index contributed by atoms with van der Waals surface area (Å²) in [5.41, 5.74) is 4.50. The fraction of sp³-hybridized carbons (Fsp3) is 0.0769. The minimum atomic E-state index is 0.358. The van der Waals surface area contributed by atoms with Crippen LogP contribution in [-0.4, -0.2) is 10.2 Å². The van der Waals surface area contributed by atoms with Gasteiger partial charge in [0.15, 0.2) is 5.75 Å². The summed E-state index contributed by atoms with van der Waals surface area (Å²) in [7, 11) is 2.68. The molecule has 4 rings (SSSR count). The molecule has 31 heavy (non-hydrogen) atoms. The van der Waals surface area contributed by atoms with Gasteiger partial charge in [0.05, 0.1) is 5.69 Å². The van der Waals surface area contributed by atoms with E-state index in [0.717, 1.165) is 27.6 Å². The van der Waals surface area contributed by atoms with Gasteiger partial charge in [-0.25, -0.2) is 0 Å². The second kappa shape index (κ2) is 10.0. The molecule has 0 spiro atoms. The van der Waals surface area contributed by atoms with Crippen LogP contribution in [0.4, 0.5) is 0 Å². The molecule has 4 aromatic rings. The molecule has 0 saturated carbocycles. The fourth-order valence-corrected chi connectivity index (χ4v) is 3.20. The molecule has 1 aromatic heterocycles. The largest absolute Gasteiger partial charge is 0.483 e. The van der Waals surface area contributed by atoms with Gasteiger partial charge in [-0.2, -0.15) is 0 Å². The summed E-state index contributed by atoms with van der Waals surface area (Å²) in [6.07, 6.45) is 0. The number of ether oxygens (including phenoxy) is 2. The van der Waals surface area contributed by atoms with E-state index in [0.29, 0.717) is 30.5 Å². The van der Waals surface area contributed by atoms with E-state index in [1.165, 1.54) is 0 Å². The van der Waals surface area contributed by atoms with Crippen molar-refractivity contribution in [3.05, 3.63) is 120 Å². The number of hydrogen-bond donors (Lipinski definition) is 0. The van der Waals surface area contributed by atoms with Gasteiger partial charge in [0.25, 0.3) is 5.88 Å². The summed E-state index contributed by atoms with van der Waals surface area (Å²) in [5, 5.41) is 9.76. The van der Waals surface area contributed by atoms with Gasteiger partial charge in [0, 0.05) is 11.6 Å². The van der Waals surface area contributed by atoms with E-state index >= 15 is 0 Å². The first-order valence-corrected chi connectivity index (χ1v) is 10.5. The first-order valence-electron chi connectivity index (χ1n) is 9.95. The highest BCUT2D eigenvalue weighted by Crippen LogP contribution is 2.30. The first kappa shape index (κ1) is 20.8. The predicted octanol–water partition coefficient (Wildman–Crippen LogP) is 5.20. The van der Waals surface area contributed by atoms with Crippen molar-refractivity contribution in [3.8, 4) is 11.6 Å². The molecule has 0 aliphatic rings. The van der Waals surface area contributed by atoms with E-state index in [9.17, 15) is 0 Å². The van der Waals surface area contributed by atoms with Crippen LogP contribution in [-0.2, 0) is 13.2 Å². The van der Waals surface area contributed by atoms with Crippen LogP contribution in [0.2, 0.25) is 0 Å². The molecule has 4 nitrogen and oxygen atoms in total. The summed E-state index contributed by atoms with van der Waals surface area (Å²) < 4.78 is 12.0. The van der Waals surface area contributed by atoms with Gasteiger partial charge < -0.3 is 9.47 Å². The van der Waals surface area contributed by atoms with Crippen LogP contribution in [0.15, 0.2) is 97.6 Å². The molecule has 0 radical (unpaired) electrons. The van der Waals surface area contributed by atoms with E-state index in [2.05, 4.69) is 26.0 Å². The van der Waals surface area contributed by atoms with Gasteiger partial charge in [0.2, 0.25) is 0 Å². The number of aromatic nitrogens is 2. The zero-order valence-corrected chi connectivity index (χ0v) is 18.2. The van der Waals surface area contributed by atoms with Crippen LogP contribution in [0.1, 0.15) is 22.4 Å². The van der Waals surface area contributed by atoms with Crippen LogP contribution < -0.4 is 14.8 Å². The maximum atomic E-state index is 6.09. The molecule has 1 heterocycles. The van der Waals surface area contributed by atoms with Crippen LogP contribution in [0.5, 0.6) is 11.6 Å². The fourth-order valence-electron chi connectivity index (χ4n) is 3.01. The minimum absolute atomic E-state index is 0.358. The summed E-state index contributed by atoms with van der Waals surface area (Å²) in [4.78, 5) is 0. The molecule has 0 aliphatic carbocycles. The molecule has 1 atom stereocenters. The molecule has 5 heteroatoms. The summed E-state index contributed by atoms with van der Waals surface area (Å²) in [6.45, 7) is 4.99. The Hall–Kier alpha value is -3.49. The zero-order chi connectivity index (χ0) is 21.5. The van der Waals surface area contributed by atoms with E-state index in [4.69, 9.17) is 9.47 Å². The maximum absolute atomic E-state index is 6.09. The third kappa shape index (κ3) is 5.56. The second-order valence-electron chi connectivity index (χ2n) is 7.05. The lowest BCUT2D eigenvalue weighted by atomic mass is 10.0. The molecule has 0 amide bonds. The molecule has 0 saturated heterocycles. The molecular weight excluding hydrogens is 403 g/mol. The number of rotatable bonds is 8. The third-order valence-corrected chi connectivity index (χ3v) is 5.14. The van der Waals surface area contributed by atoms with Crippen molar-refractivity contribution < 1.29 is 9.47 Å². The van der Waals surface area contributed by atoms with Crippen molar-refractivity contribution in [1.29, 1.82) is 0 Å². The Balaban J connectivity index is 1.58. The third-order valence-electron chi connectivity index (χ3n) is 4.75. The highest BCUT2D eigenvalue weighted by Gasteiger charge is 2.14. The molecule has 1 unspecified atom stereocenters. The van der Waals surface area contributed by atoms with E-state index < -0.39 is 0 Å². The number of nitrogens with zero attached hydrogens (tertiary/aromatic N) is 2. The van der Waals surface area contributed by atoms with E-state index in [1.807, 2.05) is 91.0 Å². The number of benzene rings is 3. The summed E-state index contributed by atoms with van der Waals surface area (Å²) in [5.74, 6) is 0.894. The van der Waals surface area contributed by atoms with Crippen LogP contribution in [0.25, 0.3) is 5.57 Å². The average Bonchev–Trinajstić information content (AvgIpc) is 2.83. The van der Waals surface area contributed by atoms with Gasteiger partial charge in [-0.15, -0.1) is 19.4 Å².